The van der Waals surface area contributed by atoms with Crippen LogP contribution in [0, 0.1) is 63.9 Å². The van der Waals surface area contributed by atoms with Crippen LogP contribution in [-0.2, 0) is 42.7 Å². The topological polar surface area (TPSA) is 250 Å². The fraction of sp³-hybridized carbons (Fsp3) is 0.717. The Bertz CT molecular complexity index is 2340. The Labute approximate surface area is 422 Å². The van der Waals surface area contributed by atoms with Crippen molar-refractivity contribution < 1.29 is 86.6 Å². The van der Waals surface area contributed by atoms with Crippen molar-refractivity contribution in [2.75, 3.05) is 30.5 Å². The minimum absolute atomic E-state index is 0.000483. The van der Waals surface area contributed by atoms with E-state index in [1.807, 2.05) is 0 Å². The quantitative estimate of drug-likeness (QED) is 0.147. The second kappa shape index (κ2) is 20.5. The second-order valence-electron chi connectivity index (χ2n) is 22.6. The SMILES string of the molecule is C[C@@H]1CC[C@@]2(OC1)OC1CC3C4CC[C@H]5C[C@@H](O[C@@H]6O[C@H](CO)[C@@H](O[C@@H]7O[C@H](COC(=O)Nc8ccccc8F)[C@@H](OC(=O)Nc8ccccc8F)[C@H](O)[C@H]7O)[C@H](O)[C@H]6O)CC[C@]5(C)C4CC(=O)[C@]3(C)C1[C@@H]2C. The smallest absolute Gasteiger partial charge is 0.412 e. The molecule has 2 amide bonds. The van der Waals surface area contributed by atoms with E-state index in [0.717, 1.165) is 50.7 Å². The number of amides is 2. The van der Waals surface area contributed by atoms with E-state index in [4.69, 9.17) is 37.9 Å². The molecule has 0 radical (unpaired) electrons. The molecule has 8 fully saturated rings. The summed E-state index contributed by atoms with van der Waals surface area (Å²) in [7, 11) is 0. The fourth-order valence-electron chi connectivity index (χ4n) is 14.7. The molecule has 4 saturated carbocycles. The lowest BCUT2D eigenvalue weighted by molar-refractivity contribution is -0.363. The first kappa shape index (κ1) is 52.5. The lowest BCUT2D eigenvalue weighted by atomic mass is 9.44. The monoisotopic (exact) mass is 1030 g/mol. The van der Waals surface area contributed by atoms with E-state index in [0.29, 0.717) is 43.5 Å². The van der Waals surface area contributed by atoms with Crippen LogP contribution in [-0.4, -0.2) is 143 Å². The molecule has 1 spiro atoms. The van der Waals surface area contributed by atoms with Crippen LogP contribution in [0.5, 0.6) is 0 Å². The van der Waals surface area contributed by atoms with Gasteiger partial charge < -0.3 is 63.4 Å². The van der Waals surface area contributed by atoms with Crippen molar-refractivity contribution in [3.8, 4) is 0 Å². The molecule has 10 rings (SSSR count). The van der Waals surface area contributed by atoms with Crippen LogP contribution in [0.2, 0.25) is 0 Å². The Balaban J connectivity index is 0.774. The van der Waals surface area contributed by atoms with Crippen molar-refractivity contribution in [2.45, 2.75) is 165 Å². The Morgan fingerprint density at radius 3 is 2.07 bits per heavy atom. The van der Waals surface area contributed by atoms with Gasteiger partial charge in [-0.15, -0.1) is 0 Å². The van der Waals surface area contributed by atoms with Crippen LogP contribution < -0.4 is 10.6 Å². The predicted octanol–water partition coefficient (Wildman–Crippen LogP) is 5.41. The van der Waals surface area contributed by atoms with Gasteiger partial charge in [-0.1, -0.05) is 52.0 Å². The van der Waals surface area contributed by atoms with Crippen LogP contribution in [0.3, 0.4) is 0 Å². The van der Waals surface area contributed by atoms with E-state index in [2.05, 4.69) is 38.3 Å². The number of ether oxygens (including phenoxy) is 8. The summed E-state index contributed by atoms with van der Waals surface area (Å²) in [5.74, 6) is -0.0493. The van der Waals surface area contributed by atoms with E-state index in [1.165, 1.54) is 36.4 Å². The van der Waals surface area contributed by atoms with Crippen LogP contribution in [0.15, 0.2) is 48.5 Å². The minimum atomic E-state index is -2.04. The van der Waals surface area contributed by atoms with Crippen LogP contribution in [0.1, 0.15) is 85.5 Å². The minimum Gasteiger partial charge on any atom is -0.446 e. The van der Waals surface area contributed by atoms with Crippen molar-refractivity contribution >= 4 is 29.3 Å². The lowest BCUT2D eigenvalue weighted by Crippen LogP contribution is -2.65. The molecular formula is C53H70F2N2O16. The third-order valence-corrected chi connectivity index (χ3v) is 18.7. The number of halogens is 2. The molecule has 4 aliphatic heterocycles. The lowest BCUT2D eigenvalue weighted by Gasteiger charge is -2.60. The first-order valence-corrected chi connectivity index (χ1v) is 26.1. The third kappa shape index (κ3) is 9.48. The molecule has 2 aromatic carbocycles. The van der Waals surface area contributed by atoms with Crippen molar-refractivity contribution in [1.82, 2.24) is 0 Å². The fourth-order valence-corrected chi connectivity index (χ4v) is 14.7. The van der Waals surface area contributed by atoms with Gasteiger partial charge in [-0.25, -0.2) is 18.4 Å². The first-order chi connectivity index (χ1) is 34.8. The zero-order valence-corrected chi connectivity index (χ0v) is 41.6. The van der Waals surface area contributed by atoms with Gasteiger partial charge >= 0.3 is 12.2 Å². The number of nitrogens with one attached hydrogen (secondary N) is 2. The number of benzene rings is 2. The van der Waals surface area contributed by atoms with Gasteiger partial charge in [0.25, 0.3) is 0 Å². The summed E-state index contributed by atoms with van der Waals surface area (Å²) < 4.78 is 77.0. The molecule has 22 atom stereocenters. The van der Waals surface area contributed by atoms with E-state index >= 15 is 0 Å². The summed E-state index contributed by atoms with van der Waals surface area (Å²) in [5.41, 5.74) is -1.08. The Kier molecular flexibility index (Phi) is 14.8. The average Bonchev–Trinajstić information content (AvgIpc) is 3.82. The zero-order chi connectivity index (χ0) is 51.7. The normalized spacial score (nSPS) is 45.1. The van der Waals surface area contributed by atoms with E-state index < -0.39 is 110 Å². The molecule has 4 aliphatic carbocycles. The predicted molar refractivity (Wildman–Crippen MR) is 252 cm³/mol. The number of rotatable bonds is 10. The summed E-state index contributed by atoms with van der Waals surface area (Å²) in [4.78, 5) is 40.4. The molecule has 73 heavy (non-hydrogen) atoms. The maximum absolute atomic E-state index is 14.7. The molecule has 4 saturated heterocycles. The highest BCUT2D eigenvalue weighted by molar-refractivity contribution is 5.87. The molecule has 20 heteroatoms. The maximum atomic E-state index is 14.7. The van der Waals surface area contributed by atoms with Gasteiger partial charge in [-0.05, 0) is 104 Å². The number of anilines is 2. The number of aliphatic hydroxyl groups excluding tert-OH is 5. The van der Waals surface area contributed by atoms with Crippen molar-refractivity contribution in [3.05, 3.63) is 60.2 Å². The maximum Gasteiger partial charge on any atom is 0.412 e. The van der Waals surface area contributed by atoms with Crippen LogP contribution in [0.25, 0.3) is 0 Å². The first-order valence-electron chi connectivity index (χ1n) is 26.1. The molecule has 402 valence electrons. The van der Waals surface area contributed by atoms with E-state index in [-0.39, 0.29) is 58.6 Å². The van der Waals surface area contributed by atoms with Crippen molar-refractivity contribution in [2.24, 2.45) is 52.3 Å². The van der Waals surface area contributed by atoms with Crippen LogP contribution >= 0.6 is 0 Å². The molecule has 0 aromatic heterocycles. The number of para-hydroxylation sites is 2. The number of Topliss-reactive ketones (excluding diaryl/α,β-unsaturated/α-hetero) is 1. The van der Waals surface area contributed by atoms with Gasteiger partial charge in [-0.3, -0.25) is 15.4 Å². The number of fused-ring (bicyclic) bond motifs is 7. The molecule has 8 aliphatic rings. The van der Waals surface area contributed by atoms with Gasteiger partial charge in [0, 0.05) is 30.1 Å². The molecule has 7 N–H and O–H groups in total. The number of carbonyl (C=O) groups is 3. The van der Waals surface area contributed by atoms with Crippen LogP contribution in [0.4, 0.5) is 29.7 Å². The largest absolute Gasteiger partial charge is 0.446 e. The standard InChI is InChI=1S/C53H70F2N2O16/c1-25-15-18-53(67-23-25)26(2)40-36(73-53)20-31-29-14-13-27-19-28(16-17-51(27,3)30(29)21-39(59)52(31,40)4)68-47-43(62)41(60)45(37(22-58)69-47)71-48-44(63)42(61)46(72-50(65)57-35-12-8-6-10-33(35)55)38(70-48)24-66-49(64)56-34-11-7-5-9-32(34)54/h5-12,25-31,36-38,40-48,58,60-63H,13-24H2,1-4H3,(H,56,64)(H,57,65)/t25-,26+,27+,28+,29?,30?,31?,36?,37-,38-,40?,41-,42-,43-,44-,45-,46-,47-,48+,51+,52-,53-/m1/s1. The second-order valence-corrected chi connectivity index (χ2v) is 22.6. The molecule has 0 bridgehead atoms. The number of ketones is 1. The third-order valence-electron chi connectivity index (χ3n) is 18.7. The van der Waals surface area contributed by atoms with E-state index in [1.54, 1.807) is 0 Å². The van der Waals surface area contributed by atoms with Crippen molar-refractivity contribution in [3.63, 3.8) is 0 Å². The Hall–Kier alpha value is -3.93. The number of hydrogen-bond donors (Lipinski definition) is 7. The Morgan fingerprint density at radius 2 is 1.41 bits per heavy atom. The zero-order valence-electron chi connectivity index (χ0n) is 41.6. The molecule has 4 heterocycles. The van der Waals surface area contributed by atoms with Gasteiger partial charge in [0.15, 0.2) is 24.5 Å². The van der Waals surface area contributed by atoms with Gasteiger partial charge in [0.2, 0.25) is 0 Å². The number of carbonyl (C=O) groups excluding carboxylic acids is 3. The summed E-state index contributed by atoms with van der Waals surface area (Å²) in [5, 5.41) is 60.8. The molecular weight excluding hydrogens is 959 g/mol. The summed E-state index contributed by atoms with van der Waals surface area (Å²) >= 11 is 0. The van der Waals surface area contributed by atoms with Gasteiger partial charge in [-0.2, -0.15) is 0 Å². The number of hydrogen-bond acceptors (Lipinski definition) is 16. The molecule has 18 nitrogen and oxygen atoms in total. The highest BCUT2D eigenvalue weighted by Crippen LogP contribution is 2.70. The Morgan fingerprint density at radius 1 is 0.767 bits per heavy atom. The summed E-state index contributed by atoms with van der Waals surface area (Å²) in [6, 6.07) is 10.4. The number of aliphatic hydroxyl groups is 5. The summed E-state index contributed by atoms with van der Waals surface area (Å²) in [6.07, 6.45) is -12.9. The van der Waals surface area contributed by atoms with Gasteiger partial charge in [0.1, 0.15) is 66.8 Å². The molecule has 5 unspecified atom stereocenters. The average molecular weight is 1030 g/mol. The van der Waals surface area contributed by atoms with Gasteiger partial charge in [0.05, 0.1) is 36.8 Å². The highest BCUT2D eigenvalue weighted by Gasteiger charge is 2.72. The highest BCUT2D eigenvalue weighted by atomic mass is 19.1. The summed E-state index contributed by atoms with van der Waals surface area (Å²) in [6.45, 7) is 8.11. The van der Waals surface area contributed by atoms with Crippen molar-refractivity contribution in [1.29, 1.82) is 0 Å². The van der Waals surface area contributed by atoms with E-state index in [9.17, 15) is 48.7 Å². The molecule has 2 aromatic rings.